The van der Waals surface area contributed by atoms with Gasteiger partial charge in [0.25, 0.3) is 0 Å². The van der Waals surface area contributed by atoms with Crippen molar-refractivity contribution in [3.8, 4) is 0 Å². The van der Waals surface area contributed by atoms with Crippen LogP contribution in [0.15, 0.2) is 12.7 Å². The van der Waals surface area contributed by atoms with Crippen LogP contribution in [-0.2, 0) is 77.3 Å². The van der Waals surface area contributed by atoms with E-state index in [0.717, 1.165) is 59.2 Å². The summed E-state index contributed by atoms with van der Waals surface area (Å²) < 4.78 is 78.0. The Morgan fingerprint density at radius 1 is 0.859 bits per heavy atom. The second kappa shape index (κ2) is 25.0. The van der Waals surface area contributed by atoms with E-state index in [1.54, 1.807) is 0 Å². The van der Waals surface area contributed by atoms with E-state index in [-0.39, 0.29) is 23.4 Å². The predicted octanol–water partition coefficient (Wildman–Crippen LogP) is 3.50. The van der Waals surface area contributed by atoms with E-state index >= 15 is 4.39 Å². The van der Waals surface area contributed by atoms with Crippen LogP contribution in [0.1, 0.15) is 111 Å². The molecule has 2 aromatic heterocycles. The smallest absolute Gasteiger partial charge is 0.462 e. The molecule has 0 amide bonds. The van der Waals surface area contributed by atoms with Gasteiger partial charge in [-0.15, -0.1) is 0 Å². The summed E-state index contributed by atoms with van der Waals surface area (Å²) in [5.41, 5.74) is 6.13. The minimum atomic E-state index is -5.76. The number of fused-ring (bicyclic) bond motifs is 1. The summed E-state index contributed by atoms with van der Waals surface area (Å²) in [4.78, 5) is 82.9. The van der Waals surface area contributed by atoms with E-state index in [1.165, 1.54) is 43.0 Å². The van der Waals surface area contributed by atoms with E-state index in [4.69, 9.17) is 59.3 Å². The number of nitrogen functional groups attached to an aromatic ring is 1. The van der Waals surface area contributed by atoms with Crippen molar-refractivity contribution in [3.05, 3.63) is 12.7 Å². The number of aliphatic hydroxyl groups is 2. The van der Waals surface area contributed by atoms with Gasteiger partial charge in [0.2, 0.25) is 6.29 Å². The minimum Gasteiger partial charge on any atom is -0.462 e. The number of imidazole rings is 1. The number of unbranched alkanes of at least 4 members (excludes halogenated alkanes) is 10. The molecule has 2 saturated heterocycles. The van der Waals surface area contributed by atoms with Gasteiger partial charge in [0, 0.05) is 27.2 Å². The third kappa shape index (κ3) is 15.9. The van der Waals surface area contributed by atoms with Gasteiger partial charge in [0.05, 0.1) is 12.9 Å². The second-order valence-electron chi connectivity index (χ2n) is 15.2. The van der Waals surface area contributed by atoms with E-state index in [0.29, 0.717) is 6.42 Å². The number of halogens is 1. The van der Waals surface area contributed by atoms with Crippen molar-refractivity contribution in [2.75, 3.05) is 18.9 Å². The Hall–Kier alpha value is -3.32. The largest absolute Gasteiger partial charge is 0.481 e. The van der Waals surface area contributed by atoms with E-state index in [2.05, 4.69) is 21.9 Å². The van der Waals surface area contributed by atoms with Crippen molar-refractivity contribution < 1.29 is 89.9 Å². The van der Waals surface area contributed by atoms with Crippen molar-refractivity contribution >= 4 is 67.2 Å². The quantitative estimate of drug-likeness (QED) is 0.0390. The zero-order valence-electron chi connectivity index (χ0n) is 35.9. The lowest BCUT2D eigenvalue weighted by Crippen LogP contribution is -2.64. The first-order chi connectivity index (χ1) is 30.2. The fourth-order valence-electron chi connectivity index (χ4n) is 7.08. The molecule has 0 spiro atoms. The third-order valence-corrected chi connectivity index (χ3v) is 13.5. The number of aromatic nitrogens is 4. The molecule has 2 aliphatic rings. The topological polar surface area (TPSA) is 319 Å². The number of nitrogens with two attached hydrogens (primary N) is 1. The number of nitrogens with zero attached hydrogens (tertiary/aromatic N) is 4. The molecule has 12 atom stereocenters. The molecule has 64 heavy (non-hydrogen) atoms. The number of esters is 4. The number of anilines is 1. The number of phosphoric ester groups is 1. The van der Waals surface area contributed by atoms with Crippen LogP contribution in [0.3, 0.4) is 0 Å². The van der Waals surface area contributed by atoms with E-state index in [1.807, 2.05) is 0 Å². The number of carbonyl (C=O) groups excluding carboxylic acids is 4. The molecule has 4 heterocycles. The Bertz CT molecular complexity index is 1970. The van der Waals surface area contributed by atoms with Gasteiger partial charge in [0.1, 0.15) is 42.9 Å². The summed E-state index contributed by atoms with van der Waals surface area (Å²) in [5, 5.41) is 21.5. The molecule has 0 radical (unpaired) electrons. The SMILES string of the molecule is CCCCCCCCCCCCCC(=O)OC[C@H](F)[C@H]1O[C@@H](OP(=O)(O)OP(O)(=S)OC[C@H]2O[C@@H](n3cnc4c(N)ncnc43)[C@H](O)[C@@H]2O)[C@@H](OC(C)=O)[C@@H](OC(C)=O)[C@@H]1OC(C)=O. The molecule has 362 valence electrons. The molecular formula is C37H58FN5O18P2S. The Morgan fingerprint density at radius 2 is 1.44 bits per heavy atom. The van der Waals surface area contributed by atoms with Crippen LogP contribution < -0.4 is 5.73 Å². The van der Waals surface area contributed by atoms with Crippen molar-refractivity contribution in [2.45, 2.75) is 166 Å². The fraction of sp³-hybridized carbons (Fsp3) is 0.757. The molecule has 0 aromatic carbocycles. The number of hydrogen-bond acceptors (Lipinski definition) is 21. The van der Waals surface area contributed by atoms with Gasteiger partial charge in [0.15, 0.2) is 42.2 Å². The van der Waals surface area contributed by atoms with Crippen LogP contribution >= 0.6 is 14.5 Å². The Morgan fingerprint density at radius 3 is 2.05 bits per heavy atom. The highest BCUT2D eigenvalue weighted by Crippen LogP contribution is 2.62. The lowest BCUT2D eigenvalue weighted by molar-refractivity contribution is -0.296. The standard InChI is InChI=1S/C37H58FN5O18P2S/c1-5-6-7-8-9-10-11-12-13-14-15-16-26(47)53-17-24(38)30-31(55-21(2)44)32(56-22(3)45)33(57-23(4)46)37(59-30)60-62(50,51)61-63(52,64)54-18-25-28(48)29(49)36(58-25)43-20-42-27-34(39)40-19-41-35(27)43/h19-20,24-25,28-33,36-37,48-49H,5-18H2,1-4H3,(H,50,51)(H,52,64)(H2,39,40,41)/t24-,25+,28+,29+,30+,31+,32-,33-,36+,37-,63?/m0/s1. The first-order valence-electron chi connectivity index (χ1n) is 20.8. The summed E-state index contributed by atoms with van der Waals surface area (Å²) >= 11 is 4.90. The van der Waals surface area contributed by atoms with Gasteiger partial charge in [-0.1, -0.05) is 71.1 Å². The van der Waals surface area contributed by atoms with Gasteiger partial charge in [-0.25, -0.2) is 28.2 Å². The monoisotopic (exact) mass is 973 g/mol. The molecule has 2 unspecified atom stereocenters. The summed E-state index contributed by atoms with van der Waals surface area (Å²) in [6.45, 7) is -1.82. The number of carbonyl (C=O) groups is 4. The molecule has 23 nitrogen and oxygen atoms in total. The zero-order valence-corrected chi connectivity index (χ0v) is 38.5. The van der Waals surface area contributed by atoms with Gasteiger partial charge >= 0.3 is 38.4 Å². The zero-order chi connectivity index (χ0) is 47.2. The highest BCUT2D eigenvalue weighted by molar-refractivity contribution is 8.08. The van der Waals surface area contributed by atoms with Gasteiger partial charge in [-0.3, -0.25) is 28.3 Å². The van der Waals surface area contributed by atoms with Crippen molar-refractivity contribution in [3.63, 3.8) is 0 Å². The van der Waals surface area contributed by atoms with Crippen LogP contribution in [-0.4, -0.2) is 132 Å². The third-order valence-electron chi connectivity index (χ3n) is 10.0. The highest BCUT2D eigenvalue weighted by Gasteiger charge is 2.57. The van der Waals surface area contributed by atoms with E-state index in [9.17, 15) is 43.7 Å². The van der Waals surface area contributed by atoms with Gasteiger partial charge < -0.3 is 58.7 Å². The maximum atomic E-state index is 16.1. The molecular weight excluding hydrogens is 915 g/mol. The van der Waals surface area contributed by atoms with E-state index < -0.39 is 113 Å². The highest BCUT2D eigenvalue weighted by atomic mass is 32.5. The summed E-state index contributed by atoms with van der Waals surface area (Å²) in [6.07, 6.45) is -5.07. The summed E-state index contributed by atoms with van der Waals surface area (Å²) in [6, 6.07) is 0. The molecule has 2 aromatic rings. The molecule has 0 bridgehead atoms. The van der Waals surface area contributed by atoms with Crippen LogP contribution in [0.25, 0.3) is 11.2 Å². The van der Waals surface area contributed by atoms with Crippen LogP contribution in [0.5, 0.6) is 0 Å². The van der Waals surface area contributed by atoms with Gasteiger partial charge in [-0.2, -0.15) is 0 Å². The number of hydrogen-bond donors (Lipinski definition) is 5. The molecule has 0 aliphatic carbocycles. The summed E-state index contributed by atoms with van der Waals surface area (Å²) in [7, 11) is -5.76. The van der Waals surface area contributed by atoms with Crippen molar-refractivity contribution in [2.24, 2.45) is 0 Å². The molecule has 2 fully saturated rings. The number of phosphoric acid groups is 1. The first kappa shape index (κ1) is 53.3. The molecule has 27 heteroatoms. The Kier molecular flexibility index (Phi) is 20.8. The molecule has 6 N–H and O–H groups in total. The predicted molar refractivity (Wildman–Crippen MR) is 222 cm³/mol. The first-order valence-corrected chi connectivity index (χ1v) is 24.9. The maximum absolute atomic E-state index is 16.1. The van der Waals surface area contributed by atoms with Crippen LogP contribution in [0.4, 0.5) is 10.2 Å². The Balaban J connectivity index is 1.40. The lowest BCUT2D eigenvalue weighted by Gasteiger charge is -2.45. The maximum Gasteiger partial charge on any atom is 0.481 e. The number of ether oxygens (including phenoxy) is 6. The average Bonchev–Trinajstić information content (AvgIpc) is 3.76. The minimum absolute atomic E-state index is 0.0279. The van der Waals surface area contributed by atoms with Gasteiger partial charge in [-0.05, 0) is 18.2 Å². The molecule has 2 aliphatic heterocycles. The normalized spacial score (nSPS) is 27.0. The lowest BCUT2D eigenvalue weighted by atomic mass is 9.95. The summed E-state index contributed by atoms with van der Waals surface area (Å²) in [5.74, 6) is -3.94. The fourth-order valence-corrected chi connectivity index (χ4v) is 10.2. The average molecular weight is 974 g/mol. The molecule has 0 saturated carbocycles. The second-order valence-corrected chi connectivity index (χ2v) is 19.6. The van der Waals surface area contributed by atoms with Crippen LogP contribution in [0.2, 0.25) is 0 Å². The van der Waals surface area contributed by atoms with Crippen molar-refractivity contribution in [1.29, 1.82) is 0 Å². The van der Waals surface area contributed by atoms with Crippen molar-refractivity contribution in [1.82, 2.24) is 19.5 Å². The number of rotatable bonds is 26. The number of alkyl halides is 1. The Labute approximate surface area is 373 Å². The molecule has 4 rings (SSSR count). The number of aliphatic hydroxyl groups excluding tert-OH is 2. The van der Waals surface area contributed by atoms with Crippen LogP contribution in [0, 0.1) is 0 Å².